The number of ether oxygens (including phenoxy) is 3. The van der Waals surface area contributed by atoms with Crippen molar-refractivity contribution in [2.24, 2.45) is 0 Å². The number of amides is 1. The molecule has 4 aromatic rings. The molecule has 1 fully saturated rings. The maximum Gasteiger partial charge on any atom is 0.274 e. The standard InChI is InChI=1S/C40H49FN6O4S/c1-6-39(3,4)51-19-15-40(5,7-2)45-37(48)29-10-11-33-34(21-29)47(24-31-14-18-49-31)36(44-33)25-46-16-12-28(13-17-46)35-23-43-38(52-35)50-26-30-9-8-27(22-42)20-32(30)41/h8-12,20-21,23,31H,6-7,13-19,24-26H2,1-5H3,(H,45,48)/t31-,40?/m0/s1. The first-order chi connectivity index (χ1) is 25.0. The number of thiazole rings is 1. The van der Waals surface area contributed by atoms with Gasteiger partial charge < -0.3 is 24.1 Å². The van der Waals surface area contributed by atoms with Crippen molar-refractivity contribution in [3.8, 4) is 11.3 Å². The molecule has 2 aromatic heterocycles. The lowest BCUT2D eigenvalue weighted by Crippen LogP contribution is -2.46. The molecular formula is C40H49FN6O4S. The first-order valence-corrected chi connectivity index (χ1v) is 19.1. The number of carbonyl (C=O) groups is 1. The van der Waals surface area contributed by atoms with Gasteiger partial charge in [0, 0.05) is 49.2 Å². The Labute approximate surface area is 309 Å². The van der Waals surface area contributed by atoms with Crippen LogP contribution in [0, 0.1) is 17.1 Å². The molecule has 0 bridgehead atoms. The largest absolute Gasteiger partial charge is 0.465 e. The maximum absolute atomic E-state index is 14.3. The van der Waals surface area contributed by atoms with Crippen molar-refractivity contribution >= 4 is 33.9 Å². The van der Waals surface area contributed by atoms with Crippen molar-refractivity contribution in [1.82, 2.24) is 24.8 Å². The molecule has 4 heterocycles. The van der Waals surface area contributed by atoms with Gasteiger partial charge in [-0.15, -0.1) is 0 Å². The van der Waals surface area contributed by atoms with E-state index in [1.54, 1.807) is 12.1 Å². The number of benzene rings is 2. The summed E-state index contributed by atoms with van der Waals surface area (Å²) in [6.45, 7) is 14.9. The lowest BCUT2D eigenvalue weighted by Gasteiger charge is -2.32. The fourth-order valence-electron chi connectivity index (χ4n) is 6.22. The van der Waals surface area contributed by atoms with Crippen LogP contribution in [0.3, 0.4) is 0 Å². The zero-order valence-corrected chi connectivity index (χ0v) is 31.7. The van der Waals surface area contributed by atoms with Gasteiger partial charge in [-0.05, 0) is 88.8 Å². The molecule has 2 atom stereocenters. The van der Waals surface area contributed by atoms with Gasteiger partial charge in [-0.3, -0.25) is 9.69 Å². The molecule has 6 rings (SSSR count). The van der Waals surface area contributed by atoms with E-state index in [1.165, 1.54) is 23.0 Å². The van der Waals surface area contributed by atoms with E-state index < -0.39 is 5.82 Å². The molecule has 2 aromatic carbocycles. The van der Waals surface area contributed by atoms with Crippen LogP contribution in [0.1, 0.15) is 98.9 Å². The quantitative estimate of drug-likeness (QED) is 0.125. The molecule has 0 spiro atoms. The number of halogens is 1. The monoisotopic (exact) mass is 728 g/mol. The van der Waals surface area contributed by atoms with Gasteiger partial charge >= 0.3 is 0 Å². The number of imidazole rings is 1. The van der Waals surface area contributed by atoms with Crippen LogP contribution in [0.2, 0.25) is 0 Å². The molecule has 12 heteroatoms. The smallest absolute Gasteiger partial charge is 0.274 e. The topological polar surface area (TPSA) is 115 Å². The van der Waals surface area contributed by atoms with Crippen LogP contribution >= 0.6 is 11.3 Å². The molecule has 0 radical (unpaired) electrons. The Morgan fingerprint density at radius 1 is 1.19 bits per heavy atom. The normalized spacial score (nSPS) is 17.6. The average molecular weight is 729 g/mol. The second-order valence-electron chi connectivity index (χ2n) is 14.6. The van der Waals surface area contributed by atoms with E-state index in [1.807, 2.05) is 30.5 Å². The highest BCUT2D eigenvalue weighted by Gasteiger charge is 2.28. The summed E-state index contributed by atoms with van der Waals surface area (Å²) < 4.78 is 34.3. The van der Waals surface area contributed by atoms with Gasteiger partial charge in [0.05, 0.1) is 52.3 Å². The van der Waals surface area contributed by atoms with Crippen LogP contribution in [-0.4, -0.2) is 68.9 Å². The van der Waals surface area contributed by atoms with Gasteiger partial charge in [0.25, 0.3) is 11.1 Å². The number of fused-ring (bicyclic) bond motifs is 1. The predicted molar refractivity (Wildman–Crippen MR) is 201 cm³/mol. The Kier molecular flexibility index (Phi) is 11.8. The summed E-state index contributed by atoms with van der Waals surface area (Å²) >= 11 is 1.45. The first kappa shape index (κ1) is 37.6. The first-order valence-electron chi connectivity index (χ1n) is 18.2. The highest BCUT2D eigenvalue weighted by atomic mass is 32.1. The van der Waals surface area contributed by atoms with E-state index in [-0.39, 0.29) is 35.3 Å². The van der Waals surface area contributed by atoms with Crippen molar-refractivity contribution in [3.63, 3.8) is 0 Å². The molecule has 0 saturated carbocycles. The van der Waals surface area contributed by atoms with Crippen molar-refractivity contribution in [2.75, 3.05) is 26.3 Å². The highest BCUT2D eigenvalue weighted by molar-refractivity contribution is 7.14. The molecule has 2 aliphatic rings. The third kappa shape index (κ3) is 9.07. The van der Waals surface area contributed by atoms with Gasteiger partial charge in [-0.2, -0.15) is 5.26 Å². The third-order valence-electron chi connectivity index (χ3n) is 10.5. The Hall–Kier alpha value is -4.15. The second-order valence-corrected chi connectivity index (χ2v) is 15.6. The van der Waals surface area contributed by atoms with Crippen molar-refractivity contribution < 1.29 is 23.4 Å². The van der Waals surface area contributed by atoms with Gasteiger partial charge in [0.1, 0.15) is 18.2 Å². The summed E-state index contributed by atoms with van der Waals surface area (Å²) in [5.41, 5.74) is 3.72. The fourth-order valence-corrected chi connectivity index (χ4v) is 7.06. The number of rotatable bonds is 16. The minimum Gasteiger partial charge on any atom is -0.465 e. The van der Waals surface area contributed by atoms with Crippen LogP contribution in [-0.2, 0) is 29.2 Å². The number of hydrogen-bond donors (Lipinski definition) is 1. The summed E-state index contributed by atoms with van der Waals surface area (Å²) in [7, 11) is 0. The summed E-state index contributed by atoms with van der Waals surface area (Å²) in [6, 6.07) is 12.1. The van der Waals surface area contributed by atoms with Gasteiger partial charge in [0.2, 0.25) is 0 Å². The molecule has 1 amide bonds. The Morgan fingerprint density at radius 2 is 2.02 bits per heavy atom. The number of nitrogens with zero attached hydrogens (tertiary/aromatic N) is 5. The predicted octanol–water partition coefficient (Wildman–Crippen LogP) is 7.65. The summed E-state index contributed by atoms with van der Waals surface area (Å²) in [6.07, 6.45) is 8.47. The number of nitriles is 1. The van der Waals surface area contributed by atoms with Crippen molar-refractivity contribution in [3.05, 3.63) is 81.9 Å². The number of nitrogens with one attached hydrogen (secondary N) is 1. The van der Waals surface area contributed by atoms with Crippen LogP contribution in [0.4, 0.5) is 4.39 Å². The van der Waals surface area contributed by atoms with Crippen LogP contribution in [0.15, 0.2) is 48.7 Å². The minimum atomic E-state index is -0.464. The van der Waals surface area contributed by atoms with E-state index >= 15 is 0 Å². The van der Waals surface area contributed by atoms with Gasteiger partial charge in [-0.1, -0.05) is 37.3 Å². The Morgan fingerprint density at radius 3 is 2.69 bits per heavy atom. The molecule has 2 aliphatic heterocycles. The lowest BCUT2D eigenvalue weighted by atomic mass is 9.94. The molecule has 52 heavy (non-hydrogen) atoms. The molecule has 1 unspecified atom stereocenters. The summed E-state index contributed by atoms with van der Waals surface area (Å²) in [5.74, 6) is 0.397. The van der Waals surface area contributed by atoms with Gasteiger partial charge in [0.15, 0.2) is 0 Å². The number of hydrogen-bond acceptors (Lipinski definition) is 9. The third-order valence-corrected chi connectivity index (χ3v) is 11.4. The molecule has 276 valence electrons. The highest BCUT2D eigenvalue weighted by Crippen LogP contribution is 2.32. The SMILES string of the molecule is CCC(C)(CCOC(C)(C)CC)NC(=O)c1ccc2nc(CN3CC=C(c4cnc(OCc5ccc(C#N)cc5F)s4)CC3)n(C[C@@H]3CCO3)c2c1. The molecule has 1 N–H and O–H groups in total. The zero-order chi connectivity index (χ0) is 36.9. The summed E-state index contributed by atoms with van der Waals surface area (Å²) in [4.78, 5) is 26.5. The number of aromatic nitrogens is 3. The Balaban J connectivity index is 1.11. The molecule has 10 nitrogen and oxygen atoms in total. The maximum atomic E-state index is 14.3. The van der Waals surface area contributed by atoms with Crippen LogP contribution < -0.4 is 10.1 Å². The molecule has 0 aliphatic carbocycles. The van der Waals surface area contributed by atoms with E-state index in [4.69, 9.17) is 24.5 Å². The molecular weight excluding hydrogens is 680 g/mol. The lowest BCUT2D eigenvalue weighted by molar-refractivity contribution is -0.0591. The summed E-state index contributed by atoms with van der Waals surface area (Å²) in [5, 5.41) is 12.8. The van der Waals surface area contributed by atoms with Crippen LogP contribution in [0.25, 0.3) is 16.6 Å². The molecule has 1 saturated heterocycles. The zero-order valence-electron chi connectivity index (χ0n) is 30.8. The Bertz CT molecular complexity index is 1960. The van der Waals surface area contributed by atoms with Crippen molar-refractivity contribution in [1.29, 1.82) is 5.26 Å². The second kappa shape index (κ2) is 16.3. The fraction of sp³-hybridized carbons (Fsp3) is 0.500. The average Bonchev–Trinajstić information content (AvgIpc) is 3.73. The minimum absolute atomic E-state index is 0.0433. The van der Waals surface area contributed by atoms with Gasteiger partial charge in [-0.25, -0.2) is 14.4 Å². The van der Waals surface area contributed by atoms with E-state index in [9.17, 15) is 9.18 Å². The van der Waals surface area contributed by atoms with Crippen LogP contribution in [0.5, 0.6) is 5.19 Å². The van der Waals surface area contributed by atoms with E-state index in [0.717, 1.165) is 73.5 Å². The van der Waals surface area contributed by atoms with E-state index in [0.29, 0.717) is 36.0 Å². The van der Waals surface area contributed by atoms with E-state index in [2.05, 4.69) is 60.5 Å². The number of carbonyl (C=O) groups excluding carboxylic acids is 1. The van der Waals surface area contributed by atoms with Crippen molar-refractivity contribution in [2.45, 2.75) is 104 Å².